The fraction of sp³-hybridized carbons (Fsp3) is 0.500. The van der Waals surface area contributed by atoms with Gasteiger partial charge in [-0.2, -0.15) is 0 Å². The minimum atomic E-state index is 0.430. The Hall–Kier alpha value is -1.16. The fourth-order valence-corrected chi connectivity index (χ4v) is 2.03. The van der Waals surface area contributed by atoms with E-state index in [9.17, 15) is 0 Å². The maximum atomic E-state index is 5.61. The Labute approximate surface area is 117 Å². The summed E-state index contributed by atoms with van der Waals surface area (Å²) < 4.78 is 0. The van der Waals surface area contributed by atoms with Crippen LogP contribution in [-0.2, 0) is 0 Å². The van der Waals surface area contributed by atoms with Crippen molar-refractivity contribution in [3.63, 3.8) is 0 Å². The molecule has 0 aromatic heterocycles. The van der Waals surface area contributed by atoms with Crippen molar-refractivity contribution in [2.75, 3.05) is 34.0 Å². The second-order valence-electron chi connectivity index (χ2n) is 5.54. The normalized spacial score (nSPS) is 17.1. The van der Waals surface area contributed by atoms with E-state index in [1.54, 1.807) is 0 Å². The molecule has 0 spiro atoms. The van der Waals surface area contributed by atoms with Gasteiger partial charge in [0.05, 0.1) is 13.3 Å². The number of nitrogens with two attached hydrogens (primary N) is 1. The molecular weight excluding hydrogens is 234 g/mol. The zero-order chi connectivity index (χ0) is 14.4. The molecule has 0 saturated carbocycles. The molecule has 1 fully saturated rings. The van der Waals surface area contributed by atoms with E-state index >= 15 is 0 Å². The predicted molar refractivity (Wildman–Crippen MR) is 83.9 cm³/mol. The SMILES string of the molecule is C=C(C)c1cccc(C(C)CN)c1.CN1CN(C)C1. The van der Waals surface area contributed by atoms with Crippen LogP contribution >= 0.6 is 0 Å². The lowest BCUT2D eigenvalue weighted by Gasteiger charge is -2.36. The topological polar surface area (TPSA) is 32.5 Å². The molecule has 0 radical (unpaired) electrons. The van der Waals surface area contributed by atoms with E-state index in [1.807, 2.05) is 6.92 Å². The van der Waals surface area contributed by atoms with Gasteiger partial charge < -0.3 is 5.73 Å². The van der Waals surface area contributed by atoms with Crippen LogP contribution in [0.3, 0.4) is 0 Å². The lowest BCUT2D eigenvalue weighted by molar-refractivity contribution is 0.0149. The van der Waals surface area contributed by atoms with Gasteiger partial charge in [0, 0.05) is 0 Å². The van der Waals surface area contributed by atoms with Crippen LogP contribution in [0.2, 0.25) is 0 Å². The van der Waals surface area contributed by atoms with Crippen LogP contribution in [0.4, 0.5) is 0 Å². The minimum absolute atomic E-state index is 0.430. The molecule has 1 saturated heterocycles. The number of benzene rings is 1. The zero-order valence-electron chi connectivity index (χ0n) is 12.7. The van der Waals surface area contributed by atoms with Gasteiger partial charge in [0.1, 0.15) is 0 Å². The molecule has 2 rings (SSSR count). The molecule has 19 heavy (non-hydrogen) atoms. The number of hydrogen-bond donors (Lipinski definition) is 1. The molecule has 106 valence electrons. The largest absolute Gasteiger partial charge is 0.330 e. The Balaban J connectivity index is 0.000000250. The van der Waals surface area contributed by atoms with Crippen LogP contribution in [0.5, 0.6) is 0 Å². The highest BCUT2D eigenvalue weighted by Gasteiger charge is 2.12. The van der Waals surface area contributed by atoms with Crippen LogP contribution < -0.4 is 5.73 Å². The van der Waals surface area contributed by atoms with Gasteiger partial charge in [0.2, 0.25) is 0 Å². The van der Waals surface area contributed by atoms with E-state index in [0.29, 0.717) is 12.5 Å². The average Bonchev–Trinajstić information content (AvgIpc) is 2.37. The number of rotatable bonds is 3. The molecular formula is C16H27N3. The first kappa shape index (κ1) is 15.9. The van der Waals surface area contributed by atoms with Crippen molar-refractivity contribution in [1.29, 1.82) is 0 Å². The Morgan fingerprint density at radius 1 is 1.32 bits per heavy atom. The van der Waals surface area contributed by atoms with Crippen molar-refractivity contribution >= 4 is 5.57 Å². The Kier molecular flexibility index (Phi) is 6.22. The van der Waals surface area contributed by atoms with Crippen LogP contribution in [0.1, 0.15) is 30.9 Å². The first-order chi connectivity index (χ1) is 8.93. The summed E-state index contributed by atoms with van der Waals surface area (Å²) in [5, 5.41) is 0. The molecule has 1 aliphatic heterocycles. The molecule has 1 atom stereocenters. The molecule has 3 nitrogen and oxygen atoms in total. The minimum Gasteiger partial charge on any atom is -0.330 e. The molecule has 1 unspecified atom stereocenters. The molecule has 3 heteroatoms. The Bertz CT molecular complexity index is 402. The highest BCUT2D eigenvalue weighted by molar-refractivity contribution is 5.61. The van der Waals surface area contributed by atoms with Gasteiger partial charge in [-0.15, -0.1) is 0 Å². The van der Waals surface area contributed by atoms with Crippen LogP contribution in [0.15, 0.2) is 30.8 Å². The smallest absolute Gasteiger partial charge is 0.0523 e. The molecule has 0 bridgehead atoms. The van der Waals surface area contributed by atoms with Gasteiger partial charge in [0.15, 0.2) is 0 Å². The van der Waals surface area contributed by atoms with Crippen molar-refractivity contribution in [2.24, 2.45) is 5.73 Å². The summed E-state index contributed by atoms with van der Waals surface area (Å²) in [7, 11) is 4.22. The monoisotopic (exact) mass is 261 g/mol. The van der Waals surface area contributed by atoms with E-state index in [2.05, 4.69) is 61.7 Å². The Morgan fingerprint density at radius 3 is 2.26 bits per heavy atom. The van der Waals surface area contributed by atoms with E-state index < -0.39 is 0 Å². The van der Waals surface area contributed by atoms with Crippen molar-refractivity contribution in [1.82, 2.24) is 9.80 Å². The summed E-state index contributed by atoms with van der Waals surface area (Å²) in [5.74, 6) is 0.430. The van der Waals surface area contributed by atoms with Gasteiger partial charge in [-0.25, -0.2) is 0 Å². The average molecular weight is 261 g/mol. The molecule has 1 heterocycles. The third-order valence-electron chi connectivity index (χ3n) is 3.27. The first-order valence-corrected chi connectivity index (χ1v) is 6.77. The van der Waals surface area contributed by atoms with Gasteiger partial charge in [-0.05, 0) is 44.6 Å². The molecule has 0 amide bonds. The van der Waals surface area contributed by atoms with E-state index in [4.69, 9.17) is 5.73 Å². The summed E-state index contributed by atoms with van der Waals surface area (Å²) >= 11 is 0. The standard InChI is InChI=1S/C12H17N.C4H10N2/c1-9(2)11-5-4-6-12(7-11)10(3)8-13;1-5-3-6(2)4-5/h4-7,10H,1,8,13H2,2-3H3;3-4H2,1-2H3. The highest BCUT2D eigenvalue weighted by atomic mass is 15.5. The maximum Gasteiger partial charge on any atom is 0.0523 e. The predicted octanol–water partition coefficient (Wildman–Crippen LogP) is 2.56. The molecule has 2 N–H and O–H groups in total. The summed E-state index contributed by atoms with van der Waals surface area (Å²) in [4.78, 5) is 4.50. The van der Waals surface area contributed by atoms with Crippen LogP contribution in [0, 0.1) is 0 Å². The van der Waals surface area contributed by atoms with E-state index in [0.717, 1.165) is 18.9 Å². The Morgan fingerprint density at radius 2 is 1.89 bits per heavy atom. The van der Waals surface area contributed by atoms with Crippen LogP contribution in [-0.4, -0.2) is 43.8 Å². The molecule has 0 aliphatic carbocycles. The van der Waals surface area contributed by atoms with Crippen molar-refractivity contribution in [3.05, 3.63) is 42.0 Å². The maximum absolute atomic E-state index is 5.61. The third-order valence-corrected chi connectivity index (χ3v) is 3.27. The van der Waals surface area contributed by atoms with Gasteiger partial charge in [-0.1, -0.05) is 43.3 Å². The second-order valence-corrected chi connectivity index (χ2v) is 5.54. The van der Waals surface area contributed by atoms with Gasteiger partial charge >= 0.3 is 0 Å². The zero-order valence-corrected chi connectivity index (χ0v) is 12.7. The lowest BCUT2D eigenvalue weighted by Crippen LogP contribution is -2.50. The van der Waals surface area contributed by atoms with Gasteiger partial charge in [-0.3, -0.25) is 9.80 Å². The van der Waals surface area contributed by atoms with E-state index in [1.165, 1.54) is 11.1 Å². The molecule has 1 aromatic carbocycles. The quantitative estimate of drug-likeness (QED) is 0.907. The first-order valence-electron chi connectivity index (χ1n) is 6.77. The summed E-state index contributed by atoms with van der Waals surface area (Å²) in [6, 6.07) is 8.42. The fourth-order valence-electron chi connectivity index (χ4n) is 2.03. The number of nitrogens with zero attached hydrogens (tertiary/aromatic N) is 2. The third kappa shape index (κ3) is 5.15. The van der Waals surface area contributed by atoms with E-state index in [-0.39, 0.29) is 0 Å². The molecule has 1 aromatic rings. The lowest BCUT2D eigenvalue weighted by atomic mass is 9.97. The highest BCUT2D eigenvalue weighted by Crippen LogP contribution is 2.18. The summed E-state index contributed by atoms with van der Waals surface area (Å²) in [6.07, 6.45) is 0. The van der Waals surface area contributed by atoms with Crippen LogP contribution in [0.25, 0.3) is 5.57 Å². The molecule has 1 aliphatic rings. The summed E-state index contributed by atoms with van der Waals surface area (Å²) in [5.41, 5.74) is 9.21. The van der Waals surface area contributed by atoms with Crippen molar-refractivity contribution in [2.45, 2.75) is 19.8 Å². The van der Waals surface area contributed by atoms with Gasteiger partial charge in [0.25, 0.3) is 0 Å². The van der Waals surface area contributed by atoms with Crippen molar-refractivity contribution in [3.8, 4) is 0 Å². The van der Waals surface area contributed by atoms with Crippen molar-refractivity contribution < 1.29 is 0 Å². The number of allylic oxidation sites excluding steroid dienone is 1. The second kappa shape index (κ2) is 7.43. The number of hydrogen-bond acceptors (Lipinski definition) is 3. The summed E-state index contributed by atoms with van der Waals surface area (Å²) in [6.45, 7) is 11.0.